The summed E-state index contributed by atoms with van der Waals surface area (Å²) in [6, 6.07) is 16.7. The van der Waals surface area contributed by atoms with Gasteiger partial charge in [-0.15, -0.1) is 11.3 Å². The quantitative estimate of drug-likeness (QED) is 0.790. The van der Waals surface area contributed by atoms with E-state index >= 15 is 0 Å². The van der Waals surface area contributed by atoms with Gasteiger partial charge in [-0.2, -0.15) is 0 Å². The van der Waals surface area contributed by atoms with Crippen LogP contribution in [0.1, 0.15) is 10.4 Å². The minimum atomic E-state index is -0.160. The van der Waals surface area contributed by atoms with Crippen LogP contribution in [-0.2, 0) is 0 Å². The van der Waals surface area contributed by atoms with E-state index < -0.39 is 0 Å². The number of thiazole rings is 1. The number of benzene rings is 2. The van der Waals surface area contributed by atoms with Gasteiger partial charge in [-0.05, 0) is 24.3 Å². The van der Waals surface area contributed by atoms with Gasteiger partial charge in [0.05, 0.1) is 12.8 Å². The third-order valence-corrected chi connectivity index (χ3v) is 3.88. The minimum absolute atomic E-state index is 0.160. The van der Waals surface area contributed by atoms with Crippen molar-refractivity contribution < 1.29 is 9.53 Å². The van der Waals surface area contributed by atoms with Crippen molar-refractivity contribution in [2.24, 2.45) is 0 Å². The predicted molar refractivity (Wildman–Crippen MR) is 88.5 cm³/mol. The first-order chi connectivity index (χ1) is 10.8. The molecule has 0 unspecified atom stereocenters. The highest BCUT2D eigenvalue weighted by Crippen LogP contribution is 2.27. The molecule has 1 heterocycles. The summed E-state index contributed by atoms with van der Waals surface area (Å²) in [5.41, 5.74) is 2.38. The van der Waals surface area contributed by atoms with E-state index in [1.807, 2.05) is 47.8 Å². The molecule has 1 aromatic heterocycles. The van der Waals surface area contributed by atoms with Crippen LogP contribution in [0.4, 0.5) is 5.13 Å². The SMILES string of the molecule is COc1cccc(-c2csc(NC(=O)c3ccccc3)n2)c1. The molecule has 0 aliphatic rings. The number of ether oxygens (including phenoxy) is 1. The van der Waals surface area contributed by atoms with Gasteiger partial charge in [-0.25, -0.2) is 4.98 Å². The van der Waals surface area contributed by atoms with Gasteiger partial charge < -0.3 is 4.74 Å². The number of amides is 1. The molecule has 1 amide bonds. The van der Waals surface area contributed by atoms with Gasteiger partial charge in [0, 0.05) is 16.5 Å². The van der Waals surface area contributed by atoms with Gasteiger partial charge in [0.2, 0.25) is 0 Å². The van der Waals surface area contributed by atoms with E-state index in [0.717, 1.165) is 17.0 Å². The lowest BCUT2D eigenvalue weighted by molar-refractivity contribution is 0.102. The van der Waals surface area contributed by atoms with Crippen molar-refractivity contribution in [2.75, 3.05) is 12.4 Å². The first-order valence-electron chi connectivity index (χ1n) is 6.72. The molecule has 0 saturated carbocycles. The molecule has 3 rings (SSSR count). The molecule has 5 heteroatoms. The van der Waals surface area contributed by atoms with Crippen LogP contribution in [0.15, 0.2) is 60.0 Å². The Bertz CT molecular complexity index is 784. The molecule has 0 atom stereocenters. The Hall–Kier alpha value is -2.66. The van der Waals surface area contributed by atoms with E-state index in [0.29, 0.717) is 10.7 Å². The topological polar surface area (TPSA) is 51.2 Å². The molecule has 0 spiro atoms. The summed E-state index contributed by atoms with van der Waals surface area (Å²) in [5, 5.41) is 5.30. The van der Waals surface area contributed by atoms with Crippen molar-refractivity contribution in [2.45, 2.75) is 0 Å². The average molecular weight is 310 g/mol. The Morgan fingerprint density at radius 2 is 1.95 bits per heavy atom. The number of anilines is 1. The summed E-state index contributed by atoms with van der Waals surface area (Å²) >= 11 is 1.40. The van der Waals surface area contributed by atoms with Crippen LogP contribution in [0, 0.1) is 0 Å². The van der Waals surface area contributed by atoms with Crippen molar-refractivity contribution >= 4 is 22.4 Å². The van der Waals surface area contributed by atoms with Gasteiger partial charge in [-0.3, -0.25) is 10.1 Å². The zero-order valence-corrected chi connectivity index (χ0v) is 12.8. The Balaban J connectivity index is 1.78. The van der Waals surface area contributed by atoms with Crippen LogP contribution in [0.2, 0.25) is 0 Å². The van der Waals surface area contributed by atoms with Gasteiger partial charge >= 0.3 is 0 Å². The highest BCUT2D eigenvalue weighted by molar-refractivity contribution is 7.14. The van der Waals surface area contributed by atoms with E-state index in [9.17, 15) is 4.79 Å². The van der Waals surface area contributed by atoms with Crippen molar-refractivity contribution in [3.8, 4) is 17.0 Å². The molecule has 4 nitrogen and oxygen atoms in total. The van der Waals surface area contributed by atoms with Gasteiger partial charge in [0.25, 0.3) is 5.91 Å². The molecule has 0 aliphatic heterocycles. The fourth-order valence-electron chi connectivity index (χ4n) is 2.00. The Labute approximate surface area is 132 Å². The maximum absolute atomic E-state index is 12.1. The molecule has 0 aliphatic carbocycles. The number of rotatable bonds is 4. The van der Waals surface area contributed by atoms with Crippen molar-refractivity contribution in [1.82, 2.24) is 4.98 Å². The predicted octanol–water partition coefficient (Wildman–Crippen LogP) is 4.07. The largest absolute Gasteiger partial charge is 0.497 e. The molecule has 0 fully saturated rings. The molecular formula is C17H14N2O2S. The third kappa shape index (κ3) is 3.15. The van der Waals surface area contributed by atoms with Crippen molar-refractivity contribution in [3.63, 3.8) is 0 Å². The Morgan fingerprint density at radius 3 is 2.73 bits per heavy atom. The summed E-state index contributed by atoms with van der Waals surface area (Å²) in [6.45, 7) is 0. The lowest BCUT2D eigenvalue weighted by atomic mass is 10.2. The van der Waals surface area contributed by atoms with E-state index in [-0.39, 0.29) is 5.91 Å². The maximum atomic E-state index is 12.1. The molecule has 2 aromatic carbocycles. The average Bonchev–Trinajstić information content (AvgIpc) is 3.04. The van der Waals surface area contributed by atoms with Gasteiger partial charge in [-0.1, -0.05) is 30.3 Å². The van der Waals surface area contributed by atoms with Crippen molar-refractivity contribution in [1.29, 1.82) is 0 Å². The van der Waals surface area contributed by atoms with Crippen LogP contribution < -0.4 is 10.1 Å². The first kappa shape index (κ1) is 14.3. The smallest absolute Gasteiger partial charge is 0.257 e. The lowest BCUT2D eigenvalue weighted by Gasteiger charge is -2.02. The number of carbonyl (C=O) groups is 1. The summed E-state index contributed by atoms with van der Waals surface area (Å²) in [6.07, 6.45) is 0. The molecule has 0 bridgehead atoms. The molecule has 22 heavy (non-hydrogen) atoms. The van der Waals surface area contributed by atoms with Gasteiger partial charge in [0.15, 0.2) is 5.13 Å². The van der Waals surface area contributed by atoms with E-state index in [2.05, 4.69) is 10.3 Å². The molecule has 1 N–H and O–H groups in total. The van der Waals surface area contributed by atoms with Crippen LogP contribution >= 0.6 is 11.3 Å². The number of nitrogens with one attached hydrogen (secondary N) is 1. The number of aromatic nitrogens is 1. The third-order valence-electron chi connectivity index (χ3n) is 3.13. The molecule has 110 valence electrons. The number of hydrogen-bond donors (Lipinski definition) is 1. The fraction of sp³-hybridized carbons (Fsp3) is 0.0588. The lowest BCUT2D eigenvalue weighted by Crippen LogP contribution is -2.11. The Morgan fingerprint density at radius 1 is 1.14 bits per heavy atom. The summed E-state index contributed by atoms with van der Waals surface area (Å²) in [4.78, 5) is 16.5. The van der Waals surface area contributed by atoms with Crippen molar-refractivity contribution in [3.05, 3.63) is 65.5 Å². The first-order valence-corrected chi connectivity index (χ1v) is 7.60. The minimum Gasteiger partial charge on any atom is -0.497 e. The second-order valence-electron chi connectivity index (χ2n) is 4.59. The second-order valence-corrected chi connectivity index (χ2v) is 5.45. The zero-order chi connectivity index (χ0) is 15.4. The van der Waals surface area contributed by atoms with Crippen LogP contribution in [0.5, 0.6) is 5.75 Å². The highest BCUT2D eigenvalue weighted by atomic mass is 32.1. The van der Waals surface area contributed by atoms with Crippen LogP contribution in [0.25, 0.3) is 11.3 Å². The molecule has 0 saturated heterocycles. The van der Waals surface area contributed by atoms with Crippen LogP contribution in [-0.4, -0.2) is 18.0 Å². The monoisotopic (exact) mass is 310 g/mol. The summed E-state index contributed by atoms with van der Waals surface area (Å²) in [7, 11) is 1.63. The molecular weight excluding hydrogens is 296 g/mol. The van der Waals surface area contributed by atoms with Gasteiger partial charge in [0.1, 0.15) is 5.75 Å². The highest BCUT2D eigenvalue weighted by Gasteiger charge is 2.10. The van der Waals surface area contributed by atoms with E-state index in [1.165, 1.54) is 11.3 Å². The number of nitrogens with zero attached hydrogens (tertiary/aromatic N) is 1. The standard InChI is InChI=1S/C17H14N2O2S/c1-21-14-9-5-8-13(10-14)15-11-22-17(18-15)19-16(20)12-6-3-2-4-7-12/h2-11H,1H3,(H,18,19,20). The zero-order valence-electron chi connectivity index (χ0n) is 11.9. The number of methoxy groups -OCH3 is 1. The van der Waals surface area contributed by atoms with E-state index in [1.54, 1.807) is 19.2 Å². The fourth-order valence-corrected chi connectivity index (χ4v) is 2.72. The second kappa shape index (κ2) is 6.41. The van der Waals surface area contributed by atoms with Crippen LogP contribution in [0.3, 0.4) is 0 Å². The summed E-state index contributed by atoms with van der Waals surface area (Å²) < 4.78 is 5.21. The summed E-state index contributed by atoms with van der Waals surface area (Å²) in [5.74, 6) is 0.618. The maximum Gasteiger partial charge on any atom is 0.257 e. The molecule has 3 aromatic rings. The molecule has 0 radical (unpaired) electrons. The normalized spacial score (nSPS) is 10.2. The van der Waals surface area contributed by atoms with E-state index in [4.69, 9.17) is 4.74 Å². The Kier molecular flexibility index (Phi) is 4.16. The number of hydrogen-bond acceptors (Lipinski definition) is 4. The number of carbonyl (C=O) groups excluding carboxylic acids is 1.